The Kier molecular flexibility index (Phi) is 6.20. The van der Waals surface area contributed by atoms with Gasteiger partial charge in [-0.1, -0.05) is 12.1 Å². The molecule has 0 aliphatic carbocycles. The third-order valence-electron chi connectivity index (χ3n) is 5.57. The number of imidazole rings is 1. The van der Waals surface area contributed by atoms with Gasteiger partial charge in [0.1, 0.15) is 17.3 Å². The molecule has 0 atom stereocenters. The van der Waals surface area contributed by atoms with E-state index in [1.165, 1.54) is 24.3 Å². The summed E-state index contributed by atoms with van der Waals surface area (Å²) in [5.74, 6) is -0.139. The Morgan fingerprint density at radius 2 is 1.57 bits per heavy atom. The highest BCUT2D eigenvalue weighted by molar-refractivity contribution is 5.80. The third kappa shape index (κ3) is 5.02. The average Bonchev–Trinajstić information content (AvgIpc) is 3.23. The van der Waals surface area contributed by atoms with Crippen molar-refractivity contribution in [3.05, 3.63) is 102 Å². The second kappa shape index (κ2) is 9.60. The summed E-state index contributed by atoms with van der Waals surface area (Å²) in [7, 11) is 4.04. The maximum absolute atomic E-state index is 13.6. The minimum Gasteiger partial charge on any atom is -0.350 e. The van der Waals surface area contributed by atoms with Crippen LogP contribution in [0.3, 0.4) is 0 Å². The van der Waals surface area contributed by atoms with E-state index in [1.54, 1.807) is 30.5 Å². The Morgan fingerprint density at radius 1 is 0.857 bits per heavy atom. The zero-order valence-corrected chi connectivity index (χ0v) is 19.4. The van der Waals surface area contributed by atoms with E-state index in [1.807, 2.05) is 36.8 Å². The largest absolute Gasteiger partial charge is 0.350 e. The molecule has 1 N–H and O–H groups in total. The van der Waals surface area contributed by atoms with E-state index < -0.39 is 0 Å². The Balaban J connectivity index is 1.56. The molecule has 0 radical (unpaired) electrons. The fourth-order valence-corrected chi connectivity index (χ4v) is 3.96. The summed E-state index contributed by atoms with van der Waals surface area (Å²) in [4.78, 5) is 16.1. The summed E-state index contributed by atoms with van der Waals surface area (Å²) >= 11 is 0. The number of anilines is 1. The van der Waals surface area contributed by atoms with E-state index in [2.05, 4.69) is 21.3 Å². The predicted molar refractivity (Wildman–Crippen MR) is 133 cm³/mol. The molecular weight excluding hydrogens is 446 g/mol. The number of fused-ring (bicyclic) bond motifs is 1. The molecule has 6 nitrogen and oxygen atoms in total. The van der Waals surface area contributed by atoms with Crippen molar-refractivity contribution in [1.29, 1.82) is 0 Å². The van der Waals surface area contributed by atoms with Crippen LogP contribution in [-0.2, 0) is 13.1 Å². The lowest BCUT2D eigenvalue weighted by Gasteiger charge is -2.11. The molecular formula is C27H24F2N6. The van der Waals surface area contributed by atoms with Crippen LogP contribution in [0.4, 0.5) is 14.7 Å². The Morgan fingerprint density at radius 3 is 2.29 bits per heavy atom. The van der Waals surface area contributed by atoms with Crippen molar-refractivity contribution in [1.82, 2.24) is 24.3 Å². The molecule has 0 bridgehead atoms. The van der Waals surface area contributed by atoms with E-state index in [-0.39, 0.29) is 11.6 Å². The summed E-state index contributed by atoms with van der Waals surface area (Å²) in [6.07, 6.45) is 3.67. The smallest absolute Gasteiger partial charge is 0.223 e. The molecule has 3 aromatic heterocycles. The van der Waals surface area contributed by atoms with Crippen molar-refractivity contribution in [2.75, 3.05) is 19.4 Å². The van der Waals surface area contributed by atoms with Gasteiger partial charge in [-0.2, -0.15) is 0 Å². The van der Waals surface area contributed by atoms with Gasteiger partial charge in [0, 0.05) is 31.0 Å². The van der Waals surface area contributed by atoms with Gasteiger partial charge < -0.3 is 10.2 Å². The maximum atomic E-state index is 13.6. The second-order valence-corrected chi connectivity index (χ2v) is 8.56. The first kappa shape index (κ1) is 22.6. The van der Waals surface area contributed by atoms with Crippen molar-refractivity contribution in [2.45, 2.75) is 13.1 Å². The zero-order valence-electron chi connectivity index (χ0n) is 19.4. The molecule has 0 aliphatic rings. The van der Waals surface area contributed by atoms with Gasteiger partial charge in [0.15, 0.2) is 0 Å². The van der Waals surface area contributed by atoms with Crippen LogP contribution in [0.15, 0.2) is 79.1 Å². The Hall–Kier alpha value is -4.17. The van der Waals surface area contributed by atoms with Crippen LogP contribution in [0, 0.1) is 11.6 Å². The fourth-order valence-electron chi connectivity index (χ4n) is 3.96. The van der Waals surface area contributed by atoms with Crippen molar-refractivity contribution < 1.29 is 8.78 Å². The highest BCUT2D eigenvalue weighted by Crippen LogP contribution is 2.32. The number of rotatable bonds is 7. The van der Waals surface area contributed by atoms with E-state index in [0.717, 1.165) is 34.6 Å². The molecule has 176 valence electrons. The van der Waals surface area contributed by atoms with Crippen molar-refractivity contribution in [2.24, 2.45) is 0 Å². The number of nitrogens with one attached hydrogen (secondary N) is 1. The molecule has 0 fully saturated rings. The summed E-state index contributed by atoms with van der Waals surface area (Å²) < 4.78 is 28.8. The molecule has 0 saturated carbocycles. The molecule has 3 heterocycles. The van der Waals surface area contributed by atoms with Gasteiger partial charge in [0.2, 0.25) is 5.95 Å². The standard InChI is InChI=1S/C27H24F2N6/c1-34(2)17-19-12-14-35-24(15-19)33-25(20-5-9-22(29)10-6-20)26(35)23-11-13-30-27(32-23)31-16-18-3-7-21(28)8-4-18/h3-15H,16-17H2,1-2H3,(H,30,31,32). The summed E-state index contributed by atoms with van der Waals surface area (Å²) in [6.45, 7) is 1.24. The van der Waals surface area contributed by atoms with Gasteiger partial charge in [-0.05, 0) is 79.8 Å². The second-order valence-electron chi connectivity index (χ2n) is 8.56. The number of pyridine rings is 1. The first-order chi connectivity index (χ1) is 17.0. The van der Waals surface area contributed by atoms with E-state index in [0.29, 0.717) is 23.9 Å². The van der Waals surface area contributed by atoms with Crippen LogP contribution >= 0.6 is 0 Å². The molecule has 35 heavy (non-hydrogen) atoms. The van der Waals surface area contributed by atoms with Crippen LogP contribution in [0.2, 0.25) is 0 Å². The predicted octanol–water partition coefficient (Wildman–Crippen LogP) is 5.41. The van der Waals surface area contributed by atoms with E-state index in [9.17, 15) is 8.78 Å². The highest BCUT2D eigenvalue weighted by Gasteiger charge is 2.18. The van der Waals surface area contributed by atoms with E-state index >= 15 is 0 Å². The normalized spacial score (nSPS) is 11.3. The lowest BCUT2D eigenvalue weighted by Crippen LogP contribution is -2.10. The first-order valence-corrected chi connectivity index (χ1v) is 11.2. The molecule has 2 aromatic carbocycles. The Bertz CT molecular complexity index is 1460. The molecule has 5 aromatic rings. The van der Waals surface area contributed by atoms with Crippen molar-refractivity contribution in [3.63, 3.8) is 0 Å². The van der Waals surface area contributed by atoms with Gasteiger partial charge in [0.25, 0.3) is 0 Å². The molecule has 0 aliphatic heterocycles. The summed E-state index contributed by atoms with van der Waals surface area (Å²) in [5.41, 5.74) is 5.78. The van der Waals surface area contributed by atoms with Gasteiger partial charge in [0.05, 0.1) is 17.1 Å². The van der Waals surface area contributed by atoms with E-state index in [4.69, 9.17) is 9.97 Å². The van der Waals surface area contributed by atoms with Gasteiger partial charge in [-0.25, -0.2) is 23.7 Å². The zero-order chi connectivity index (χ0) is 24.4. The van der Waals surface area contributed by atoms with Gasteiger partial charge in [-0.3, -0.25) is 4.40 Å². The minimum atomic E-state index is -0.304. The Labute approximate surface area is 201 Å². The lowest BCUT2D eigenvalue weighted by atomic mass is 10.1. The van der Waals surface area contributed by atoms with Crippen molar-refractivity contribution in [3.8, 4) is 22.6 Å². The quantitative estimate of drug-likeness (QED) is 0.345. The number of halogens is 2. The maximum Gasteiger partial charge on any atom is 0.223 e. The third-order valence-corrected chi connectivity index (χ3v) is 5.57. The number of benzene rings is 2. The SMILES string of the molecule is CN(C)Cc1ccn2c(-c3ccnc(NCc4ccc(F)cc4)n3)c(-c3ccc(F)cc3)nc2c1. The van der Waals surface area contributed by atoms with Crippen LogP contribution in [0.5, 0.6) is 0 Å². The molecule has 8 heteroatoms. The lowest BCUT2D eigenvalue weighted by molar-refractivity contribution is 0.402. The van der Waals surface area contributed by atoms with Gasteiger partial charge >= 0.3 is 0 Å². The number of aromatic nitrogens is 4. The molecule has 0 spiro atoms. The first-order valence-electron chi connectivity index (χ1n) is 11.2. The molecule has 0 amide bonds. The number of hydrogen-bond acceptors (Lipinski definition) is 5. The number of nitrogens with zero attached hydrogens (tertiary/aromatic N) is 5. The van der Waals surface area contributed by atoms with Crippen LogP contribution < -0.4 is 5.32 Å². The highest BCUT2D eigenvalue weighted by atomic mass is 19.1. The van der Waals surface area contributed by atoms with Gasteiger partial charge in [-0.15, -0.1) is 0 Å². The monoisotopic (exact) mass is 470 g/mol. The number of hydrogen-bond donors (Lipinski definition) is 1. The van der Waals surface area contributed by atoms with Crippen LogP contribution in [0.25, 0.3) is 28.3 Å². The average molecular weight is 471 g/mol. The molecule has 5 rings (SSSR count). The molecule has 0 unspecified atom stereocenters. The molecule has 0 saturated heterocycles. The fraction of sp³-hybridized carbons (Fsp3) is 0.148. The summed E-state index contributed by atoms with van der Waals surface area (Å²) in [6, 6.07) is 18.5. The summed E-state index contributed by atoms with van der Waals surface area (Å²) in [5, 5.41) is 3.20. The van der Waals surface area contributed by atoms with Crippen molar-refractivity contribution >= 4 is 11.6 Å². The van der Waals surface area contributed by atoms with Crippen LogP contribution in [0.1, 0.15) is 11.1 Å². The topological polar surface area (TPSA) is 58.4 Å². The van der Waals surface area contributed by atoms with Crippen LogP contribution in [-0.4, -0.2) is 38.3 Å². The minimum absolute atomic E-state index is 0.276.